The van der Waals surface area contributed by atoms with E-state index in [4.69, 9.17) is 9.26 Å². The second-order valence-electron chi connectivity index (χ2n) is 4.98. The zero-order valence-electron chi connectivity index (χ0n) is 11.0. The minimum Gasteiger partial charge on any atom is -0.466 e. The van der Waals surface area contributed by atoms with Gasteiger partial charge < -0.3 is 9.26 Å². The van der Waals surface area contributed by atoms with E-state index < -0.39 is 0 Å². The monoisotopic (exact) mass is 252 g/mol. The third-order valence-electron chi connectivity index (χ3n) is 3.47. The summed E-state index contributed by atoms with van der Waals surface area (Å²) in [4.78, 5) is 15.6. The summed E-state index contributed by atoms with van der Waals surface area (Å²) in [6.45, 7) is 4.43. The molecule has 0 aromatic carbocycles. The van der Waals surface area contributed by atoms with Crippen LogP contribution in [0.4, 0.5) is 0 Å². The maximum Gasteiger partial charge on any atom is 0.315 e. The smallest absolute Gasteiger partial charge is 0.315 e. The number of carbonyl (C=O) groups excluding carboxylic acids is 1. The molecule has 1 aromatic heterocycles. The number of hydrogen-bond donors (Lipinski definition) is 0. The summed E-state index contributed by atoms with van der Waals surface area (Å²) in [7, 11) is 0. The quantitative estimate of drug-likeness (QED) is 0.770. The Labute approximate surface area is 107 Å². The molecule has 0 radical (unpaired) electrons. The second kappa shape index (κ2) is 5.98. The predicted molar refractivity (Wildman–Crippen MR) is 65.0 cm³/mol. The summed E-state index contributed by atoms with van der Waals surface area (Å²) < 4.78 is 9.95. The van der Waals surface area contributed by atoms with Gasteiger partial charge in [0.15, 0.2) is 5.82 Å². The molecule has 1 aliphatic rings. The Balaban J connectivity index is 1.91. The molecule has 5 nitrogen and oxygen atoms in total. The lowest BCUT2D eigenvalue weighted by atomic mass is 9.83. The lowest BCUT2D eigenvalue weighted by Gasteiger charge is -2.23. The van der Waals surface area contributed by atoms with Crippen LogP contribution in [0.25, 0.3) is 0 Å². The zero-order chi connectivity index (χ0) is 13.0. The Morgan fingerprint density at radius 2 is 2.11 bits per heavy atom. The second-order valence-corrected chi connectivity index (χ2v) is 4.98. The van der Waals surface area contributed by atoms with Gasteiger partial charge in [-0.15, -0.1) is 0 Å². The first kappa shape index (κ1) is 13.1. The lowest BCUT2D eigenvalue weighted by molar-refractivity contribution is -0.142. The summed E-state index contributed by atoms with van der Waals surface area (Å²) in [5.74, 6) is 1.99. The predicted octanol–water partition coefficient (Wildman–Crippen LogP) is 2.47. The lowest BCUT2D eigenvalue weighted by Crippen LogP contribution is -2.12. The van der Waals surface area contributed by atoms with Crippen molar-refractivity contribution in [2.45, 2.75) is 51.9 Å². The highest BCUT2D eigenvalue weighted by Crippen LogP contribution is 2.33. The summed E-state index contributed by atoms with van der Waals surface area (Å²) in [5.41, 5.74) is 0. The van der Waals surface area contributed by atoms with Crippen molar-refractivity contribution >= 4 is 5.97 Å². The molecule has 0 saturated heterocycles. The fourth-order valence-electron chi connectivity index (χ4n) is 2.36. The molecule has 0 N–H and O–H groups in total. The van der Waals surface area contributed by atoms with E-state index in [1.807, 2.05) is 0 Å². The van der Waals surface area contributed by atoms with Gasteiger partial charge in [0.1, 0.15) is 6.42 Å². The highest BCUT2D eigenvalue weighted by Gasteiger charge is 2.24. The summed E-state index contributed by atoms with van der Waals surface area (Å²) in [6.07, 6.45) is 4.72. The van der Waals surface area contributed by atoms with E-state index in [1.165, 1.54) is 12.8 Å². The molecule has 100 valence electrons. The molecule has 5 heteroatoms. The van der Waals surface area contributed by atoms with Gasteiger partial charge in [0, 0.05) is 5.92 Å². The molecule has 0 unspecified atom stereocenters. The topological polar surface area (TPSA) is 65.2 Å². The summed E-state index contributed by atoms with van der Waals surface area (Å²) in [5, 5.41) is 3.98. The van der Waals surface area contributed by atoms with Crippen molar-refractivity contribution in [1.82, 2.24) is 10.1 Å². The van der Waals surface area contributed by atoms with E-state index in [0.717, 1.165) is 24.6 Å². The first-order valence-corrected chi connectivity index (χ1v) is 6.67. The average Bonchev–Trinajstić information content (AvgIpc) is 2.78. The Morgan fingerprint density at radius 1 is 1.39 bits per heavy atom. The van der Waals surface area contributed by atoms with Gasteiger partial charge in [0.05, 0.1) is 6.61 Å². The fraction of sp³-hybridized carbons (Fsp3) is 0.769. The molecule has 18 heavy (non-hydrogen) atoms. The molecule has 0 atom stereocenters. The van der Waals surface area contributed by atoms with Gasteiger partial charge in [-0.25, -0.2) is 0 Å². The number of ether oxygens (including phenoxy) is 1. The van der Waals surface area contributed by atoms with E-state index in [0.29, 0.717) is 18.4 Å². The molecule has 0 bridgehead atoms. The molecule has 1 fully saturated rings. The molecule has 1 aromatic rings. The molecule has 0 aliphatic heterocycles. The summed E-state index contributed by atoms with van der Waals surface area (Å²) >= 11 is 0. The van der Waals surface area contributed by atoms with Crippen LogP contribution in [0.2, 0.25) is 0 Å². The fourth-order valence-corrected chi connectivity index (χ4v) is 2.36. The van der Waals surface area contributed by atoms with Crippen LogP contribution in [0.15, 0.2) is 4.52 Å². The van der Waals surface area contributed by atoms with Crippen LogP contribution in [0.3, 0.4) is 0 Å². The van der Waals surface area contributed by atoms with E-state index in [2.05, 4.69) is 17.1 Å². The first-order valence-electron chi connectivity index (χ1n) is 6.67. The maximum absolute atomic E-state index is 11.3. The number of hydrogen-bond acceptors (Lipinski definition) is 5. The van der Waals surface area contributed by atoms with Crippen molar-refractivity contribution in [2.24, 2.45) is 5.92 Å². The van der Waals surface area contributed by atoms with E-state index in [9.17, 15) is 4.79 Å². The molecule has 0 amide bonds. The molecular weight excluding hydrogens is 232 g/mol. The van der Waals surface area contributed by atoms with Crippen molar-refractivity contribution in [2.75, 3.05) is 6.61 Å². The molecule has 1 heterocycles. The van der Waals surface area contributed by atoms with E-state index >= 15 is 0 Å². The van der Waals surface area contributed by atoms with Crippen LogP contribution in [-0.2, 0) is 16.0 Å². The highest BCUT2D eigenvalue weighted by molar-refractivity contribution is 5.71. The third kappa shape index (κ3) is 3.31. The van der Waals surface area contributed by atoms with Crippen molar-refractivity contribution < 1.29 is 14.1 Å². The SMILES string of the molecule is CCOC(=O)Cc1nc(C2CCC(C)CC2)no1. The number of rotatable bonds is 4. The van der Waals surface area contributed by atoms with Gasteiger partial charge >= 0.3 is 5.97 Å². The van der Waals surface area contributed by atoms with Crippen LogP contribution in [0, 0.1) is 5.92 Å². The van der Waals surface area contributed by atoms with Crippen LogP contribution < -0.4 is 0 Å². The minimum absolute atomic E-state index is 0.0734. The van der Waals surface area contributed by atoms with Gasteiger partial charge in [-0.05, 0) is 25.7 Å². The molecule has 1 aliphatic carbocycles. The number of esters is 1. The third-order valence-corrected chi connectivity index (χ3v) is 3.47. The highest BCUT2D eigenvalue weighted by atomic mass is 16.5. The number of carbonyl (C=O) groups is 1. The van der Waals surface area contributed by atoms with E-state index in [1.54, 1.807) is 6.92 Å². The van der Waals surface area contributed by atoms with Crippen LogP contribution >= 0.6 is 0 Å². The number of nitrogens with zero attached hydrogens (tertiary/aromatic N) is 2. The molecule has 1 saturated carbocycles. The minimum atomic E-state index is -0.315. The largest absolute Gasteiger partial charge is 0.466 e. The van der Waals surface area contributed by atoms with Crippen molar-refractivity contribution in [3.8, 4) is 0 Å². The Hall–Kier alpha value is -1.39. The van der Waals surface area contributed by atoms with Crippen molar-refractivity contribution in [3.05, 3.63) is 11.7 Å². The zero-order valence-corrected chi connectivity index (χ0v) is 11.0. The van der Waals surface area contributed by atoms with E-state index in [-0.39, 0.29) is 12.4 Å². The van der Waals surface area contributed by atoms with Crippen molar-refractivity contribution in [3.63, 3.8) is 0 Å². The van der Waals surface area contributed by atoms with Crippen LogP contribution in [0.5, 0.6) is 0 Å². The number of aromatic nitrogens is 2. The Bertz CT molecular complexity index is 395. The normalized spacial score (nSPS) is 23.9. The van der Waals surface area contributed by atoms with Gasteiger partial charge in [0.2, 0.25) is 5.89 Å². The average molecular weight is 252 g/mol. The van der Waals surface area contributed by atoms with Gasteiger partial charge in [-0.3, -0.25) is 4.79 Å². The Kier molecular flexibility index (Phi) is 4.33. The van der Waals surface area contributed by atoms with Gasteiger partial charge in [0.25, 0.3) is 0 Å². The Morgan fingerprint density at radius 3 is 2.78 bits per heavy atom. The van der Waals surface area contributed by atoms with Crippen LogP contribution in [-0.4, -0.2) is 22.7 Å². The molecule has 2 rings (SSSR count). The van der Waals surface area contributed by atoms with Crippen LogP contribution in [0.1, 0.15) is 57.2 Å². The van der Waals surface area contributed by atoms with Gasteiger partial charge in [-0.2, -0.15) is 4.98 Å². The maximum atomic E-state index is 11.3. The van der Waals surface area contributed by atoms with Gasteiger partial charge in [-0.1, -0.05) is 24.9 Å². The summed E-state index contributed by atoms with van der Waals surface area (Å²) in [6, 6.07) is 0. The molecule has 0 spiro atoms. The molecular formula is C13H20N2O3. The first-order chi connectivity index (χ1) is 8.69. The standard InChI is InChI=1S/C13H20N2O3/c1-3-17-12(16)8-11-14-13(15-18-11)10-6-4-9(2)5-7-10/h9-10H,3-8H2,1-2H3. The van der Waals surface area contributed by atoms with Crippen molar-refractivity contribution in [1.29, 1.82) is 0 Å².